The third kappa shape index (κ3) is 3.58. The predicted octanol–water partition coefficient (Wildman–Crippen LogP) is 4.40. The van der Waals surface area contributed by atoms with Crippen molar-refractivity contribution in [2.45, 2.75) is 25.1 Å². The monoisotopic (exact) mass is 285 g/mol. The Hall–Kier alpha value is -1.33. The molecule has 1 unspecified atom stereocenters. The normalized spacial score (nSPS) is 13.5. The Morgan fingerprint density at radius 3 is 2.47 bits per heavy atom. The van der Waals surface area contributed by atoms with Gasteiger partial charge >= 0.3 is 6.18 Å². The van der Waals surface area contributed by atoms with E-state index in [1.165, 1.54) is 12.1 Å². The Morgan fingerprint density at radius 2 is 1.84 bits per heavy atom. The average molecular weight is 285 g/mol. The van der Waals surface area contributed by atoms with Gasteiger partial charge in [0.1, 0.15) is 0 Å². The number of halogens is 3. The zero-order chi connectivity index (χ0) is 13.9. The van der Waals surface area contributed by atoms with E-state index in [0.29, 0.717) is 12.8 Å². The van der Waals surface area contributed by atoms with Gasteiger partial charge in [-0.25, -0.2) is 0 Å². The fourth-order valence-electron chi connectivity index (χ4n) is 1.99. The summed E-state index contributed by atoms with van der Waals surface area (Å²) in [7, 11) is 0. The zero-order valence-corrected chi connectivity index (χ0v) is 11.0. The first kappa shape index (κ1) is 14.1. The molecule has 1 aromatic carbocycles. The first-order chi connectivity index (χ1) is 8.98. The molecule has 19 heavy (non-hydrogen) atoms. The van der Waals surface area contributed by atoms with Crippen LogP contribution in [0.2, 0.25) is 0 Å². The highest BCUT2D eigenvalue weighted by Crippen LogP contribution is 2.35. The Kier molecular flexibility index (Phi) is 4.27. The molecule has 2 N–H and O–H groups in total. The summed E-state index contributed by atoms with van der Waals surface area (Å²) in [5.74, 6) is 0. The standard InChI is InChI=1S/C14H14F3NS/c15-14(16,17)12-6-2-1-5-11(12)13(18)8-7-10-4-3-9-19-10/h1-6,9,13H,7-8,18H2. The Labute approximate surface area is 113 Å². The van der Waals surface area contributed by atoms with Crippen LogP contribution >= 0.6 is 11.3 Å². The molecule has 0 aliphatic rings. The molecule has 0 radical (unpaired) electrons. The molecule has 0 spiro atoms. The van der Waals surface area contributed by atoms with Crippen molar-refractivity contribution in [3.63, 3.8) is 0 Å². The van der Waals surface area contributed by atoms with Gasteiger partial charge in [0, 0.05) is 10.9 Å². The molecular formula is C14H14F3NS. The largest absolute Gasteiger partial charge is 0.416 e. The van der Waals surface area contributed by atoms with E-state index in [2.05, 4.69) is 0 Å². The molecule has 1 atom stereocenters. The van der Waals surface area contributed by atoms with Crippen molar-refractivity contribution in [1.29, 1.82) is 0 Å². The van der Waals surface area contributed by atoms with Gasteiger partial charge < -0.3 is 5.73 Å². The number of hydrogen-bond acceptors (Lipinski definition) is 2. The van der Waals surface area contributed by atoms with Gasteiger partial charge in [0.2, 0.25) is 0 Å². The van der Waals surface area contributed by atoms with Crippen LogP contribution in [-0.2, 0) is 12.6 Å². The van der Waals surface area contributed by atoms with Gasteiger partial charge in [0.05, 0.1) is 5.56 Å². The van der Waals surface area contributed by atoms with E-state index in [1.807, 2.05) is 17.5 Å². The van der Waals surface area contributed by atoms with Crippen molar-refractivity contribution in [2.24, 2.45) is 5.73 Å². The van der Waals surface area contributed by atoms with E-state index in [0.717, 1.165) is 10.9 Å². The third-order valence-electron chi connectivity index (χ3n) is 2.95. The maximum Gasteiger partial charge on any atom is 0.416 e. The van der Waals surface area contributed by atoms with Crippen LogP contribution in [0, 0.1) is 0 Å². The summed E-state index contributed by atoms with van der Waals surface area (Å²) in [5.41, 5.74) is 5.46. The molecule has 0 saturated carbocycles. The topological polar surface area (TPSA) is 26.0 Å². The molecule has 0 bridgehead atoms. The van der Waals surface area contributed by atoms with Gasteiger partial charge in [0.25, 0.3) is 0 Å². The summed E-state index contributed by atoms with van der Waals surface area (Å²) in [6.07, 6.45) is -3.14. The van der Waals surface area contributed by atoms with Crippen LogP contribution in [0.25, 0.3) is 0 Å². The second-order valence-corrected chi connectivity index (χ2v) is 5.34. The van der Waals surface area contributed by atoms with Gasteiger partial charge in [-0.05, 0) is 35.9 Å². The van der Waals surface area contributed by atoms with Crippen LogP contribution in [0.1, 0.15) is 28.5 Å². The van der Waals surface area contributed by atoms with Crippen LogP contribution in [0.15, 0.2) is 41.8 Å². The maximum absolute atomic E-state index is 12.9. The Morgan fingerprint density at radius 1 is 1.11 bits per heavy atom. The molecule has 2 rings (SSSR count). The van der Waals surface area contributed by atoms with Crippen molar-refractivity contribution in [3.05, 3.63) is 57.8 Å². The van der Waals surface area contributed by atoms with Gasteiger partial charge in [-0.15, -0.1) is 11.3 Å². The third-order valence-corrected chi connectivity index (χ3v) is 3.88. The Balaban J connectivity index is 2.12. The number of hydrogen-bond donors (Lipinski definition) is 1. The second kappa shape index (κ2) is 5.75. The molecular weight excluding hydrogens is 271 g/mol. The lowest BCUT2D eigenvalue weighted by atomic mass is 9.97. The smallest absolute Gasteiger partial charge is 0.324 e. The average Bonchev–Trinajstić information content (AvgIpc) is 2.88. The van der Waals surface area contributed by atoms with Gasteiger partial charge in [-0.1, -0.05) is 24.3 Å². The first-order valence-corrected chi connectivity index (χ1v) is 6.80. The van der Waals surface area contributed by atoms with E-state index < -0.39 is 17.8 Å². The highest BCUT2D eigenvalue weighted by Gasteiger charge is 2.34. The molecule has 1 aromatic heterocycles. The van der Waals surface area contributed by atoms with Crippen molar-refractivity contribution in [2.75, 3.05) is 0 Å². The van der Waals surface area contributed by atoms with Crippen molar-refractivity contribution in [3.8, 4) is 0 Å². The van der Waals surface area contributed by atoms with Gasteiger partial charge in [-0.2, -0.15) is 13.2 Å². The fraction of sp³-hybridized carbons (Fsp3) is 0.286. The molecule has 0 amide bonds. The van der Waals surface area contributed by atoms with Crippen LogP contribution in [-0.4, -0.2) is 0 Å². The van der Waals surface area contributed by atoms with Crippen LogP contribution in [0.5, 0.6) is 0 Å². The minimum atomic E-state index is -4.35. The van der Waals surface area contributed by atoms with Gasteiger partial charge in [0.15, 0.2) is 0 Å². The first-order valence-electron chi connectivity index (χ1n) is 5.92. The highest BCUT2D eigenvalue weighted by molar-refractivity contribution is 7.09. The van der Waals surface area contributed by atoms with E-state index in [9.17, 15) is 13.2 Å². The summed E-state index contributed by atoms with van der Waals surface area (Å²) in [5, 5.41) is 1.95. The quantitative estimate of drug-likeness (QED) is 0.885. The predicted molar refractivity (Wildman–Crippen MR) is 71.0 cm³/mol. The van der Waals surface area contributed by atoms with E-state index in [4.69, 9.17) is 5.73 Å². The molecule has 2 aromatic rings. The molecule has 1 nitrogen and oxygen atoms in total. The number of rotatable bonds is 4. The van der Waals surface area contributed by atoms with E-state index in [1.54, 1.807) is 17.4 Å². The minimum absolute atomic E-state index is 0.173. The van der Waals surface area contributed by atoms with E-state index >= 15 is 0 Å². The molecule has 0 aliphatic heterocycles. The molecule has 0 aliphatic carbocycles. The lowest BCUT2D eigenvalue weighted by Crippen LogP contribution is -2.17. The zero-order valence-electron chi connectivity index (χ0n) is 10.2. The summed E-state index contributed by atoms with van der Waals surface area (Å²) in [6, 6.07) is 8.82. The minimum Gasteiger partial charge on any atom is -0.324 e. The number of nitrogens with two attached hydrogens (primary N) is 1. The molecule has 0 fully saturated rings. The maximum atomic E-state index is 12.9. The van der Waals surface area contributed by atoms with E-state index in [-0.39, 0.29) is 5.56 Å². The number of thiophene rings is 1. The summed E-state index contributed by atoms with van der Waals surface area (Å²) >= 11 is 1.59. The van der Waals surface area contributed by atoms with Crippen LogP contribution < -0.4 is 5.73 Å². The van der Waals surface area contributed by atoms with Crippen molar-refractivity contribution in [1.82, 2.24) is 0 Å². The summed E-state index contributed by atoms with van der Waals surface area (Å²) in [6.45, 7) is 0. The number of benzene rings is 1. The lowest BCUT2D eigenvalue weighted by Gasteiger charge is -2.18. The van der Waals surface area contributed by atoms with Crippen molar-refractivity contribution < 1.29 is 13.2 Å². The summed E-state index contributed by atoms with van der Waals surface area (Å²) in [4.78, 5) is 1.14. The molecule has 0 saturated heterocycles. The van der Waals surface area contributed by atoms with Crippen LogP contribution in [0.4, 0.5) is 13.2 Å². The SMILES string of the molecule is NC(CCc1cccs1)c1ccccc1C(F)(F)F. The highest BCUT2D eigenvalue weighted by atomic mass is 32.1. The summed E-state index contributed by atoms with van der Waals surface area (Å²) < 4.78 is 38.6. The molecule has 5 heteroatoms. The Bertz CT molecular complexity index is 520. The van der Waals surface area contributed by atoms with Gasteiger partial charge in [-0.3, -0.25) is 0 Å². The number of alkyl halides is 3. The fourth-order valence-corrected chi connectivity index (χ4v) is 2.71. The lowest BCUT2D eigenvalue weighted by molar-refractivity contribution is -0.138. The second-order valence-electron chi connectivity index (χ2n) is 4.31. The number of aryl methyl sites for hydroxylation is 1. The van der Waals surface area contributed by atoms with Crippen LogP contribution in [0.3, 0.4) is 0 Å². The molecule has 102 valence electrons. The molecule has 1 heterocycles. The van der Waals surface area contributed by atoms with Crippen molar-refractivity contribution >= 4 is 11.3 Å².